The first-order valence-corrected chi connectivity index (χ1v) is 10.0. The molecular formula is C19H18N2O3S2. The number of aliphatic carboxylic acids is 1. The van der Waals surface area contributed by atoms with Gasteiger partial charge in [0.1, 0.15) is 5.01 Å². The quantitative estimate of drug-likeness (QED) is 0.601. The molecular weight excluding hydrogens is 368 g/mol. The molecule has 0 aliphatic carbocycles. The maximum atomic E-state index is 12.6. The van der Waals surface area contributed by atoms with Crippen molar-refractivity contribution in [2.45, 2.75) is 24.3 Å². The van der Waals surface area contributed by atoms with Gasteiger partial charge in [-0.2, -0.15) is 0 Å². The summed E-state index contributed by atoms with van der Waals surface area (Å²) in [5, 5.41) is 12.0. The number of carboxylic acids is 1. The maximum absolute atomic E-state index is 12.6. The molecule has 3 rings (SSSR count). The zero-order valence-corrected chi connectivity index (χ0v) is 15.7. The van der Waals surface area contributed by atoms with Gasteiger partial charge in [-0.05, 0) is 30.7 Å². The zero-order chi connectivity index (χ0) is 18.5. The molecule has 0 radical (unpaired) electrons. The lowest BCUT2D eigenvalue weighted by Crippen LogP contribution is -2.30. The number of carboxylic acid groups (broad SMARTS) is 1. The monoisotopic (exact) mass is 386 g/mol. The largest absolute Gasteiger partial charge is 0.593 e. The molecule has 134 valence electrons. The van der Waals surface area contributed by atoms with Gasteiger partial charge in [-0.3, -0.25) is 4.79 Å². The Labute approximate surface area is 159 Å². The van der Waals surface area contributed by atoms with Gasteiger partial charge in [-0.1, -0.05) is 35.9 Å². The predicted octanol–water partition coefficient (Wildman–Crippen LogP) is 3.95. The van der Waals surface area contributed by atoms with Gasteiger partial charge < -0.3 is 9.66 Å². The Bertz CT molecular complexity index is 867. The van der Waals surface area contributed by atoms with E-state index in [0.717, 1.165) is 21.7 Å². The van der Waals surface area contributed by atoms with E-state index >= 15 is 0 Å². The highest BCUT2D eigenvalue weighted by molar-refractivity contribution is 7.89. The number of thiazole rings is 1. The van der Waals surface area contributed by atoms with E-state index in [-0.39, 0.29) is 6.42 Å². The highest BCUT2D eigenvalue weighted by Crippen LogP contribution is 2.27. The average Bonchev–Trinajstić information content (AvgIpc) is 3.16. The van der Waals surface area contributed by atoms with Crippen LogP contribution in [0.4, 0.5) is 0 Å². The van der Waals surface area contributed by atoms with Crippen LogP contribution in [0.2, 0.25) is 0 Å². The molecule has 0 aliphatic heterocycles. The standard InChI is InChI=1S/C19H18N2O3S2/c1-13-5-7-16(8-6-13)26(24)21-17(12-18(22)23)14-3-2-4-15(11-14)19-20-9-10-25-19/h2-11,17,21H,12H2,1H3,(H,22,23)/t17?,26-/m1/s1. The van der Waals surface area contributed by atoms with Gasteiger partial charge in [0.25, 0.3) is 0 Å². The van der Waals surface area contributed by atoms with Crippen molar-refractivity contribution in [2.75, 3.05) is 0 Å². The summed E-state index contributed by atoms with van der Waals surface area (Å²) >= 11 is 0.00627. The van der Waals surface area contributed by atoms with E-state index in [1.807, 2.05) is 48.7 Å². The number of hydrogen-bond acceptors (Lipinski definition) is 5. The molecule has 0 amide bonds. The summed E-state index contributed by atoms with van der Waals surface area (Å²) in [7, 11) is 0. The van der Waals surface area contributed by atoms with Crippen LogP contribution in [0.1, 0.15) is 23.6 Å². The number of benzene rings is 2. The van der Waals surface area contributed by atoms with Gasteiger partial charge in [0, 0.05) is 17.1 Å². The third kappa shape index (κ3) is 4.70. The summed E-state index contributed by atoms with van der Waals surface area (Å²) in [6, 6.07) is 14.3. The summed E-state index contributed by atoms with van der Waals surface area (Å²) in [5.41, 5.74) is 2.75. The molecule has 2 aromatic carbocycles. The van der Waals surface area contributed by atoms with Crippen LogP contribution in [-0.4, -0.2) is 20.6 Å². The fourth-order valence-corrected chi connectivity index (χ4v) is 4.15. The number of nitrogens with one attached hydrogen (secondary N) is 1. The molecule has 1 aromatic heterocycles. The van der Waals surface area contributed by atoms with E-state index in [1.165, 1.54) is 11.3 Å². The van der Waals surface area contributed by atoms with Crippen LogP contribution in [0.5, 0.6) is 0 Å². The van der Waals surface area contributed by atoms with Crippen molar-refractivity contribution in [3.8, 4) is 10.6 Å². The van der Waals surface area contributed by atoms with Crippen molar-refractivity contribution in [3.05, 3.63) is 71.2 Å². The second-order valence-corrected chi connectivity index (χ2v) is 7.95. The Morgan fingerprint density at radius 2 is 2.08 bits per heavy atom. The third-order valence-electron chi connectivity index (χ3n) is 3.83. The SMILES string of the molecule is Cc1ccc([S@@+]([O-])NC(CC(=O)O)c2cccc(-c3nccs3)c2)cc1. The normalized spacial score (nSPS) is 13.3. The number of hydrogen-bond donors (Lipinski definition) is 2. The van der Waals surface area contributed by atoms with Gasteiger partial charge in [-0.25, -0.2) is 4.98 Å². The van der Waals surface area contributed by atoms with Gasteiger partial charge >= 0.3 is 5.97 Å². The van der Waals surface area contributed by atoms with E-state index in [9.17, 15) is 14.5 Å². The number of aromatic nitrogens is 1. The number of rotatable bonds is 7. The van der Waals surface area contributed by atoms with Crippen molar-refractivity contribution >= 4 is 28.7 Å². The number of nitrogens with zero attached hydrogens (tertiary/aromatic N) is 1. The first-order chi connectivity index (χ1) is 12.5. The first kappa shape index (κ1) is 18.6. The number of aryl methyl sites for hydroxylation is 1. The fraction of sp³-hybridized carbons (Fsp3) is 0.158. The molecule has 0 saturated carbocycles. The Morgan fingerprint density at radius 1 is 1.31 bits per heavy atom. The summed E-state index contributed by atoms with van der Waals surface area (Å²) in [4.78, 5) is 16.2. The van der Waals surface area contributed by atoms with E-state index < -0.39 is 23.4 Å². The van der Waals surface area contributed by atoms with Gasteiger partial charge in [0.15, 0.2) is 4.90 Å². The highest BCUT2D eigenvalue weighted by Gasteiger charge is 2.23. The van der Waals surface area contributed by atoms with Crippen molar-refractivity contribution in [3.63, 3.8) is 0 Å². The Morgan fingerprint density at radius 3 is 2.73 bits per heavy atom. The minimum atomic E-state index is -1.51. The smallest absolute Gasteiger partial charge is 0.305 e. The van der Waals surface area contributed by atoms with Crippen molar-refractivity contribution < 1.29 is 14.5 Å². The lowest BCUT2D eigenvalue weighted by Gasteiger charge is -2.19. The van der Waals surface area contributed by atoms with Crippen molar-refractivity contribution in [1.82, 2.24) is 9.71 Å². The van der Waals surface area contributed by atoms with Crippen LogP contribution in [-0.2, 0) is 16.2 Å². The predicted molar refractivity (Wildman–Crippen MR) is 103 cm³/mol. The minimum absolute atomic E-state index is 0.168. The maximum Gasteiger partial charge on any atom is 0.305 e. The molecule has 7 heteroatoms. The second kappa shape index (κ2) is 8.46. The molecule has 5 nitrogen and oxygen atoms in total. The number of carbonyl (C=O) groups is 1. The lowest BCUT2D eigenvalue weighted by atomic mass is 10.0. The lowest BCUT2D eigenvalue weighted by molar-refractivity contribution is -0.137. The van der Waals surface area contributed by atoms with Gasteiger partial charge in [0.05, 0.1) is 23.8 Å². The first-order valence-electron chi connectivity index (χ1n) is 7.99. The Balaban J connectivity index is 1.85. The molecule has 2 atom stereocenters. The summed E-state index contributed by atoms with van der Waals surface area (Å²) in [6.07, 6.45) is 1.56. The van der Waals surface area contributed by atoms with E-state index in [2.05, 4.69) is 9.71 Å². The molecule has 1 heterocycles. The highest BCUT2D eigenvalue weighted by atomic mass is 32.2. The summed E-state index contributed by atoms with van der Waals surface area (Å²) in [5.74, 6) is -0.956. The molecule has 0 spiro atoms. The topological polar surface area (TPSA) is 85.3 Å². The molecule has 2 N–H and O–H groups in total. The fourth-order valence-electron chi connectivity index (χ4n) is 2.52. The molecule has 1 unspecified atom stereocenters. The summed E-state index contributed by atoms with van der Waals surface area (Å²) in [6.45, 7) is 1.96. The van der Waals surface area contributed by atoms with Crippen molar-refractivity contribution in [2.24, 2.45) is 0 Å². The third-order valence-corrected chi connectivity index (χ3v) is 5.85. The van der Waals surface area contributed by atoms with Crippen LogP contribution in [0.25, 0.3) is 10.6 Å². The molecule has 0 saturated heterocycles. The van der Waals surface area contributed by atoms with Crippen LogP contribution in [0, 0.1) is 6.92 Å². The Hall–Kier alpha value is -2.19. The Kier molecular flexibility index (Phi) is 6.05. The van der Waals surface area contributed by atoms with Crippen LogP contribution >= 0.6 is 11.3 Å². The minimum Gasteiger partial charge on any atom is -0.593 e. The van der Waals surface area contributed by atoms with Crippen molar-refractivity contribution in [1.29, 1.82) is 0 Å². The molecule has 3 aromatic rings. The van der Waals surface area contributed by atoms with Crippen LogP contribution in [0.3, 0.4) is 0 Å². The van der Waals surface area contributed by atoms with Gasteiger partial charge in [0.2, 0.25) is 0 Å². The molecule has 0 fully saturated rings. The van der Waals surface area contributed by atoms with Crippen LogP contribution < -0.4 is 4.72 Å². The zero-order valence-electron chi connectivity index (χ0n) is 14.1. The molecule has 0 aliphatic rings. The van der Waals surface area contributed by atoms with E-state index in [0.29, 0.717) is 4.90 Å². The van der Waals surface area contributed by atoms with Gasteiger partial charge in [-0.15, -0.1) is 16.1 Å². The molecule has 26 heavy (non-hydrogen) atoms. The average molecular weight is 386 g/mol. The van der Waals surface area contributed by atoms with Crippen LogP contribution in [0.15, 0.2) is 65.0 Å². The second-order valence-electron chi connectivity index (χ2n) is 5.81. The molecule has 0 bridgehead atoms. The summed E-state index contributed by atoms with van der Waals surface area (Å²) < 4.78 is 15.6. The van der Waals surface area contributed by atoms with E-state index in [1.54, 1.807) is 18.3 Å². The van der Waals surface area contributed by atoms with E-state index in [4.69, 9.17) is 0 Å².